The van der Waals surface area contributed by atoms with Crippen LogP contribution >= 0.6 is 0 Å². The summed E-state index contributed by atoms with van der Waals surface area (Å²) in [4.78, 5) is 0. The van der Waals surface area contributed by atoms with Crippen LogP contribution in [0.25, 0.3) is 0 Å². The van der Waals surface area contributed by atoms with Crippen molar-refractivity contribution in [2.45, 2.75) is 0 Å². The third-order valence-corrected chi connectivity index (χ3v) is 1.48. The summed E-state index contributed by atoms with van der Waals surface area (Å²) in [6, 6.07) is 10.4. The summed E-state index contributed by atoms with van der Waals surface area (Å²) in [7, 11) is 0. The SMILES string of the molecule is c1ccc([O+]2CC2)cc1. The number of hydrogen-bond acceptors (Lipinski definition) is 0. The van der Waals surface area contributed by atoms with Crippen molar-refractivity contribution in [2.75, 3.05) is 13.2 Å². The molecular formula is C8H9O+. The van der Waals surface area contributed by atoms with Crippen LogP contribution in [0, 0.1) is 0 Å². The van der Waals surface area contributed by atoms with Crippen molar-refractivity contribution in [3.05, 3.63) is 30.3 Å². The van der Waals surface area contributed by atoms with Crippen LogP contribution in [-0.4, -0.2) is 13.2 Å². The molecule has 0 N–H and O–H groups in total. The Morgan fingerprint density at radius 2 is 1.67 bits per heavy atom. The van der Waals surface area contributed by atoms with Gasteiger partial charge in [0, 0.05) is 12.1 Å². The van der Waals surface area contributed by atoms with E-state index in [1.165, 1.54) is 5.75 Å². The molecule has 1 aromatic rings. The highest BCUT2D eigenvalue weighted by Crippen LogP contribution is 2.30. The molecule has 0 unspecified atom stereocenters. The normalized spacial score (nSPS) is 15.8. The minimum Gasteiger partial charge on any atom is -0.560 e. The van der Waals surface area contributed by atoms with Gasteiger partial charge in [-0.05, 0) is 0 Å². The van der Waals surface area contributed by atoms with Crippen molar-refractivity contribution in [3.63, 3.8) is 0 Å². The van der Waals surface area contributed by atoms with Crippen molar-refractivity contribution in [1.82, 2.24) is 0 Å². The zero-order chi connectivity index (χ0) is 6.10. The first kappa shape index (κ1) is 4.86. The first-order valence-corrected chi connectivity index (χ1v) is 3.19. The van der Waals surface area contributed by atoms with Crippen molar-refractivity contribution >= 4 is 0 Å². The van der Waals surface area contributed by atoms with E-state index in [1.54, 1.807) is 0 Å². The zero-order valence-electron chi connectivity index (χ0n) is 5.21. The van der Waals surface area contributed by atoms with E-state index in [1.807, 2.05) is 6.07 Å². The maximum Gasteiger partial charge on any atom is 0.255 e. The van der Waals surface area contributed by atoms with E-state index in [0.29, 0.717) is 0 Å². The first-order valence-electron chi connectivity index (χ1n) is 3.19. The van der Waals surface area contributed by atoms with Crippen LogP contribution in [0.5, 0.6) is 5.75 Å². The zero-order valence-corrected chi connectivity index (χ0v) is 5.21. The first-order chi connectivity index (χ1) is 4.47. The van der Waals surface area contributed by atoms with Gasteiger partial charge in [0.05, 0.1) is 0 Å². The Morgan fingerprint density at radius 3 is 2.22 bits per heavy atom. The van der Waals surface area contributed by atoms with E-state index in [2.05, 4.69) is 28.6 Å². The predicted molar refractivity (Wildman–Crippen MR) is 36.7 cm³/mol. The van der Waals surface area contributed by atoms with Crippen molar-refractivity contribution in [3.8, 4) is 5.75 Å². The quantitative estimate of drug-likeness (QED) is 0.394. The Kier molecular flexibility index (Phi) is 0.950. The summed E-state index contributed by atoms with van der Waals surface area (Å²) in [5, 5.41) is 0. The fourth-order valence-corrected chi connectivity index (χ4v) is 0.890. The molecular weight excluding hydrogens is 112 g/mol. The van der Waals surface area contributed by atoms with E-state index >= 15 is 0 Å². The number of epoxide rings is 1. The molecule has 0 aliphatic carbocycles. The number of hydrogen-bond donors (Lipinski definition) is 0. The number of para-hydroxylation sites is 1. The molecule has 0 atom stereocenters. The molecule has 2 rings (SSSR count). The lowest BCUT2D eigenvalue weighted by atomic mass is 10.3. The van der Waals surface area contributed by atoms with Gasteiger partial charge < -0.3 is 4.37 Å². The monoisotopic (exact) mass is 121 g/mol. The highest BCUT2D eigenvalue weighted by molar-refractivity contribution is 5.23. The van der Waals surface area contributed by atoms with E-state index in [9.17, 15) is 0 Å². The smallest absolute Gasteiger partial charge is 0.255 e. The molecule has 0 saturated carbocycles. The van der Waals surface area contributed by atoms with Gasteiger partial charge in [-0.3, -0.25) is 0 Å². The number of rotatable bonds is 1. The molecule has 0 amide bonds. The molecule has 1 heteroatoms. The van der Waals surface area contributed by atoms with Gasteiger partial charge in [-0.1, -0.05) is 18.2 Å². The second-order valence-corrected chi connectivity index (χ2v) is 2.21. The highest BCUT2D eigenvalue weighted by atomic mass is 16.8. The molecule has 0 radical (unpaired) electrons. The summed E-state index contributed by atoms with van der Waals surface area (Å²) < 4.78 is 3.05. The Hall–Kier alpha value is -0.980. The molecule has 1 aromatic carbocycles. The van der Waals surface area contributed by atoms with E-state index < -0.39 is 0 Å². The van der Waals surface area contributed by atoms with Gasteiger partial charge in [-0.2, -0.15) is 0 Å². The Labute approximate surface area is 54.6 Å². The topological polar surface area (TPSA) is 2.70 Å². The summed E-state index contributed by atoms with van der Waals surface area (Å²) in [5.74, 6) is 1.28. The summed E-state index contributed by atoms with van der Waals surface area (Å²) in [6.07, 6.45) is 0. The van der Waals surface area contributed by atoms with Gasteiger partial charge in [0.1, 0.15) is 0 Å². The van der Waals surface area contributed by atoms with Gasteiger partial charge in [0.25, 0.3) is 19.0 Å². The second kappa shape index (κ2) is 1.76. The van der Waals surface area contributed by atoms with E-state index in [4.69, 9.17) is 0 Å². The molecule has 46 valence electrons. The average Bonchev–Trinajstić information content (AvgIpc) is 2.71. The van der Waals surface area contributed by atoms with Crippen molar-refractivity contribution < 1.29 is 4.37 Å². The predicted octanol–water partition coefficient (Wildman–Crippen LogP) is 1.97. The van der Waals surface area contributed by atoms with Gasteiger partial charge in [-0.25, -0.2) is 0 Å². The van der Waals surface area contributed by atoms with Crippen LogP contribution in [0.2, 0.25) is 0 Å². The second-order valence-electron chi connectivity index (χ2n) is 2.21. The largest absolute Gasteiger partial charge is 0.560 e. The lowest BCUT2D eigenvalue weighted by Gasteiger charge is -1.96. The molecule has 1 aliphatic heterocycles. The fraction of sp³-hybridized carbons (Fsp3) is 0.250. The third-order valence-electron chi connectivity index (χ3n) is 1.48. The van der Waals surface area contributed by atoms with Gasteiger partial charge in [0.15, 0.2) is 0 Å². The Morgan fingerprint density at radius 1 is 1.00 bits per heavy atom. The van der Waals surface area contributed by atoms with Crippen LogP contribution in [0.3, 0.4) is 0 Å². The lowest BCUT2D eigenvalue weighted by molar-refractivity contribution is 0.207. The van der Waals surface area contributed by atoms with Crippen LogP contribution < -0.4 is 0 Å². The molecule has 0 spiro atoms. The molecule has 1 saturated heterocycles. The van der Waals surface area contributed by atoms with Crippen LogP contribution in [-0.2, 0) is 4.37 Å². The van der Waals surface area contributed by atoms with Crippen molar-refractivity contribution in [1.29, 1.82) is 0 Å². The molecule has 1 nitrogen and oxygen atoms in total. The molecule has 9 heavy (non-hydrogen) atoms. The number of benzene rings is 1. The summed E-state index contributed by atoms with van der Waals surface area (Å²) in [5.41, 5.74) is 0. The molecule has 1 heterocycles. The fourth-order valence-electron chi connectivity index (χ4n) is 0.890. The van der Waals surface area contributed by atoms with Gasteiger partial charge >= 0.3 is 0 Å². The van der Waals surface area contributed by atoms with Crippen LogP contribution in [0.4, 0.5) is 0 Å². The Bertz CT molecular complexity index is 189. The van der Waals surface area contributed by atoms with E-state index in [0.717, 1.165) is 13.2 Å². The minimum atomic E-state index is 1.16. The Balaban J connectivity index is 2.29. The highest BCUT2D eigenvalue weighted by Gasteiger charge is 2.25. The third kappa shape index (κ3) is 0.900. The average molecular weight is 121 g/mol. The van der Waals surface area contributed by atoms with E-state index in [-0.39, 0.29) is 0 Å². The molecule has 0 aromatic heterocycles. The minimum absolute atomic E-state index is 1.16. The van der Waals surface area contributed by atoms with Crippen LogP contribution in [0.15, 0.2) is 30.3 Å². The maximum atomic E-state index is 3.05. The molecule has 1 aliphatic rings. The standard InChI is InChI=1S/C8H9O/c1-2-4-8(5-3-1)9-6-7-9/h1-5H,6-7H2/q+1. The lowest BCUT2D eigenvalue weighted by Crippen LogP contribution is -1.70. The molecule has 1 fully saturated rings. The summed E-state index contributed by atoms with van der Waals surface area (Å²) >= 11 is 0. The van der Waals surface area contributed by atoms with Gasteiger partial charge in [0.2, 0.25) is 0 Å². The van der Waals surface area contributed by atoms with Gasteiger partial charge in [-0.15, -0.1) is 0 Å². The maximum absolute atomic E-state index is 3.05. The van der Waals surface area contributed by atoms with Crippen molar-refractivity contribution in [2.24, 2.45) is 0 Å². The van der Waals surface area contributed by atoms with Crippen LogP contribution in [0.1, 0.15) is 0 Å². The summed E-state index contributed by atoms with van der Waals surface area (Å²) in [6.45, 7) is 2.31. The molecule has 0 bridgehead atoms.